The van der Waals surface area contributed by atoms with Crippen molar-refractivity contribution in [2.24, 2.45) is 0 Å². The molecule has 0 unspecified atom stereocenters. The molecule has 0 atom stereocenters. The number of amides is 1. The Morgan fingerprint density at radius 1 is 1.17 bits per heavy atom. The van der Waals surface area contributed by atoms with Gasteiger partial charge < -0.3 is 10.2 Å². The van der Waals surface area contributed by atoms with Crippen molar-refractivity contribution in [3.63, 3.8) is 0 Å². The first kappa shape index (κ1) is 16.9. The third-order valence-electron chi connectivity index (χ3n) is 3.13. The molecule has 120 valence electrons. The molecule has 23 heavy (non-hydrogen) atoms. The van der Waals surface area contributed by atoms with E-state index in [1.54, 1.807) is 18.2 Å². The lowest BCUT2D eigenvalue weighted by molar-refractivity contribution is -0.123. The molecule has 0 aromatic heterocycles. The lowest BCUT2D eigenvalue weighted by Gasteiger charge is -2.12. The normalized spacial score (nSPS) is 10.0. The fourth-order valence-corrected chi connectivity index (χ4v) is 2.23. The number of hydrogen-bond acceptors (Lipinski definition) is 3. The summed E-state index contributed by atoms with van der Waals surface area (Å²) in [5, 5.41) is 0.637. The predicted octanol–water partition coefficient (Wildman–Crippen LogP) is 3.40. The van der Waals surface area contributed by atoms with E-state index < -0.39 is 0 Å². The molecule has 0 fully saturated rings. The number of allylic oxidation sites excluding steroid dienone is 1. The third kappa shape index (κ3) is 5.68. The molecule has 0 bridgehead atoms. The summed E-state index contributed by atoms with van der Waals surface area (Å²) in [4.78, 5) is 11.8. The van der Waals surface area contributed by atoms with E-state index in [0.29, 0.717) is 22.9 Å². The van der Waals surface area contributed by atoms with Gasteiger partial charge in [-0.15, -0.1) is 0 Å². The lowest BCUT2D eigenvalue weighted by atomic mass is 10.1. The minimum absolute atomic E-state index is 0.0892. The van der Waals surface area contributed by atoms with E-state index in [0.717, 1.165) is 11.1 Å². The van der Waals surface area contributed by atoms with Crippen molar-refractivity contribution in [3.05, 3.63) is 77.0 Å². The van der Waals surface area contributed by atoms with Gasteiger partial charge in [0.25, 0.3) is 5.91 Å². The molecule has 2 aromatic carbocycles. The molecule has 0 saturated heterocycles. The molecule has 0 radical (unpaired) electrons. The Hall–Kier alpha value is -2.46. The third-order valence-corrected chi connectivity index (χ3v) is 3.37. The van der Waals surface area contributed by atoms with Crippen LogP contribution in [0, 0.1) is 6.92 Å². The molecular formula is C18H19ClN2O2. The minimum Gasteiger partial charge on any atom is -0.483 e. The molecule has 0 saturated carbocycles. The number of nitrogens with one attached hydrogen (secondary N) is 2. The second-order valence-electron chi connectivity index (χ2n) is 5.14. The summed E-state index contributed by atoms with van der Waals surface area (Å²) in [5.74, 6) is 0.348. The minimum atomic E-state index is -0.284. The first-order valence-electron chi connectivity index (χ1n) is 7.20. The van der Waals surface area contributed by atoms with Gasteiger partial charge in [-0.05, 0) is 36.2 Å². The van der Waals surface area contributed by atoms with Crippen molar-refractivity contribution >= 4 is 17.5 Å². The Morgan fingerprint density at radius 2 is 1.91 bits per heavy atom. The van der Waals surface area contributed by atoms with Gasteiger partial charge in [0, 0.05) is 17.1 Å². The number of hydrogen-bond donors (Lipinski definition) is 2. The highest BCUT2D eigenvalue weighted by Gasteiger charge is 2.05. The smallest absolute Gasteiger partial charge is 0.276 e. The first-order chi connectivity index (χ1) is 11.0. The molecule has 2 aromatic rings. The molecular weight excluding hydrogens is 312 g/mol. The summed E-state index contributed by atoms with van der Waals surface area (Å²) in [6.07, 6.45) is 0.637. The van der Waals surface area contributed by atoms with Crippen LogP contribution in [-0.2, 0) is 11.2 Å². The maximum atomic E-state index is 11.8. The summed E-state index contributed by atoms with van der Waals surface area (Å²) >= 11 is 5.88. The van der Waals surface area contributed by atoms with Crippen LogP contribution in [0.4, 0.5) is 0 Å². The number of ether oxygens (including phenoxy) is 1. The van der Waals surface area contributed by atoms with Crippen LogP contribution in [0.2, 0.25) is 5.02 Å². The van der Waals surface area contributed by atoms with Crippen LogP contribution < -0.4 is 15.6 Å². The number of carbonyl (C=O) groups is 1. The van der Waals surface area contributed by atoms with Gasteiger partial charge in [0.15, 0.2) is 6.61 Å². The molecule has 4 nitrogen and oxygen atoms in total. The highest BCUT2D eigenvalue weighted by Crippen LogP contribution is 2.21. The Kier molecular flexibility index (Phi) is 6.06. The topological polar surface area (TPSA) is 50.4 Å². The number of aryl methyl sites for hydroxylation is 1. The summed E-state index contributed by atoms with van der Waals surface area (Å²) < 4.78 is 5.46. The van der Waals surface area contributed by atoms with E-state index in [1.165, 1.54) is 0 Å². The van der Waals surface area contributed by atoms with Crippen LogP contribution in [0.5, 0.6) is 5.75 Å². The largest absolute Gasteiger partial charge is 0.483 e. The van der Waals surface area contributed by atoms with Gasteiger partial charge in [0.2, 0.25) is 0 Å². The van der Waals surface area contributed by atoms with Gasteiger partial charge in [-0.1, -0.05) is 48.5 Å². The predicted molar refractivity (Wildman–Crippen MR) is 92.2 cm³/mol. The van der Waals surface area contributed by atoms with E-state index in [-0.39, 0.29) is 12.5 Å². The van der Waals surface area contributed by atoms with Gasteiger partial charge in [-0.3, -0.25) is 10.2 Å². The summed E-state index contributed by atoms with van der Waals surface area (Å²) in [6.45, 7) is 5.67. The number of halogens is 1. The number of benzene rings is 2. The van der Waals surface area contributed by atoms with E-state index in [4.69, 9.17) is 16.3 Å². The summed E-state index contributed by atoms with van der Waals surface area (Å²) in [5.41, 5.74) is 8.06. The average molecular weight is 331 g/mol. The zero-order valence-electron chi connectivity index (χ0n) is 12.9. The molecule has 0 heterocycles. The van der Waals surface area contributed by atoms with Crippen LogP contribution in [0.15, 0.2) is 60.8 Å². The Labute approximate surface area is 141 Å². The number of hydrazine groups is 1. The Balaban J connectivity index is 1.73. The zero-order valence-corrected chi connectivity index (χ0v) is 13.7. The van der Waals surface area contributed by atoms with Crippen LogP contribution in [0.3, 0.4) is 0 Å². The molecule has 1 amide bonds. The molecule has 0 spiro atoms. The first-order valence-corrected chi connectivity index (χ1v) is 7.58. The fourth-order valence-electron chi connectivity index (χ4n) is 2.00. The molecule has 2 N–H and O–H groups in total. The molecule has 2 rings (SSSR count). The van der Waals surface area contributed by atoms with Crippen LogP contribution >= 0.6 is 11.6 Å². The summed E-state index contributed by atoms with van der Waals surface area (Å²) in [7, 11) is 0. The quantitative estimate of drug-likeness (QED) is 0.765. The van der Waals surface area contributed by atoms with E-state index in [9.17, 15) is 4.79 Å². The van der Waals surface area contributed by atoms with Crippen molar-refractivity contribution in [2.75, 3.05) is 6.61 Å². The van der Waals surface area contributed by atoms with Crippen LogP contribution in [-0.4, -0.2) is 12.5 Å². The fraction of sp³-hybridized carbons (Fsp3) is 0.167. The van der Waals surface area contributed by atoms with Crippen molar-refractivity contribution in [3.8, 4) is 5.75 Å². The summed E-state index contributed by atoms with van der Waals surface area (Å²) in [6, 6.07) is 15.1. The second kappa shape index (κ2) is 8.25. The monoisotopic (exact) mass is 330 g/mol. The molecule has 0 aliphatic heterocycles. The Bertz CT molecular complexity index is 687. The van der Waals surface area contributed by atoms with E-state index in [2.05, 4.69) is 17.4 Å². The van der Waals surface area contributed by atoms with Gasteiger partial charge >= 0.3 is 0 Å². The highest BCUT2D eigenvalue weighted by molar-refractivity contribution is 6.30. The number of carbonyl (C=O) groups excluding carboxylic acids is 1. The van der Waals surface area contributed by atoms with Gasteiger partial charge in [-0.25, -0.2) is 0 Å². The molecule has 0 aliphatic carbocycles. The number of rotatable bonds is 7. The average Bonchev–Trinajstić information content (AvgIpc) is 2.53. The van der Waals surface area contributed by atoms with E-state index >= 15 is 0 Å². The van der Waals surface area contributed by atoms with Crippen molar-refractivity contribution in [1.82, 2.24) is 10.9 Å². The standard InChI is InChI=1S/C18H19ClN2O2/c1-13-10-16(19)8-9-17(13)23-12-18(22)21-20-14(2)11-15-6-4-3-5-7-15/h3-10,20H,2,11-12H2,1H3,(H,21,22). The van der Waals surface area contributed by atoms with Crippen molar-refractivity contribution < 1.29 is 9.53 Å². The Morgan fingerprint density at radius 3 is 2.61 bits per heavy atom. The molecule has 5 heteroatoms. The van der Waals surface area contributed by atoms with Crippen molar-refractivity contribution in [2.45, 2.75) is 13.3 Å². The lowest BCUT2D eigenvalue weighted by Crippen LogP contribution is -2.39. The van der Waals surface area contributed by atoms with Crippen LogP contribution in [0.25, 0.3) is 0 Å². The maximum absolute atomic E-state index is 11.8. The molecule has 0 aliphatic rings. The van der Waals surface area contributed by atoms with E-state index in [1.807, 2.05) is 37.3 Å². The second-order valence-corrected chi connectivity index (χ2v) is 5.57. The van der Waals surface area contributed by atoms with Crippen molar-refractivity contribution in [1.29, 1.82) is 0 Å². The zero-order chi connectivity index (χ0) is 16.7. The maximum Gasteiger partial charge on any atom is 0.276 e. The van der Waals surface area contributed by atoms with Gasteiger partial charge in [0.05, 0.1) is 0 Å². The van der Waals surface area contributed by atoms with Gasteiger partial charge in [0.1, 0.15) is 5.75 Å². The SMILES string of the molecule is C=C(Cc1ccccc1)NNC(=O)COc1ccc(Cl)cc1C. The highest BCUT2D eigenvalue weighted by atomic mass is 35.5. The van der Waals surface area contributed by atoms with Crippen LogP contribution in [0.1, 0.15) is 11.1 Å². The van der Waals surface area contributed by atoms with Gasteiger partial charge in [-0.2, -0.15) is 0 Å².